The van der Waals surface area contributed by atoms with Crippen molar-refractivity contribution in [2.24, 2.45) is 5.41 Å². The average Bonchev–Trinajstić information content (AvgIpc) is 2.62. The number of nitrogens with zero attached hydrogens (tertiary/aromatic N) is 1. The molecule has 0 radical (unpaired) electrons. The van der Waals surface area contributed by atoms with Crippen molar-refractivity contribution in [2.45, 2.75) is 44.7 Å². The van der Waals surface area contributed by atoms with Crippen molar-refractivity contribution in [1.82, 2.24) is 14.9 Å². The minimum Gasteiger partial charge on any atom is -0.390 e. The number of hydrogen-bond donors (Lipinski definition) is 3. The molecule has 1 aliphatic carbocycles. The van der Waals surface area contributed by atoms with Gasteiger partial charge in [-0.25, -0.2) is 13.1 Å². The van der Waals surface area contributed by atoms with E-state index in [1.807, 2.05) is 13.8 Å². The molecule has 6 nitrogen and oxygen atoms in total. The van der Waals surface area contributed by atoms with E-state index < -0.39 is 16.6 Å². The molecule has 0 amide bonds. The maximum atomic E-state index is 12.1. The zero-order valence-corrected chi connectivity index (χ0v) is 10.9. The van der Waals surface area contributed by atoms with Gasteiger partial charge in [-0.15, -0.1) is 0 Å². The fraction of sp³-hybridized carbons (Fsp3) is 0.700. The number of aliphatic hydroxyl groups is 1. The first kappa shape index (κ1) is 12.5. The van der Waals surface area contributed by atoms with Crippen LogP contribution in [0.2, 0.25) is 0 Å². The number of hydrogen-bond acceptors (Lipinski definition) is 4. The van der Waals surface area contributed by atoms with Crippen molar-refractivity contribution in [3.63, 3.8) is 0 Å². The Morgan fingerprint density at radius 3 is 2.65 bits per heavy atom. The van der Waals surface area contributed by atoms with Crippen molar-refractivity contribution in [1.29, 1.82) is 0 Å². The average molecular weight is 259 g/mol. The summed E-state index contributed by atoms with van der Waals surface area (Å²) in [6.07, 6.45) is 0.831. The first-order chi connectivity index (χ1) is 7.78. The van der Waals surface area contributed by atoms with Gasteiger partial charge in [-0.2, -0.15) is 5.10 Å². The van der Waals surface area contributed by atoms with Gasteiger partial charge in [0.15, 0.2) is 0 Å². The summed E-state index contributed by atoms with van der Waals surface area (Å²) in [5.74, 6) is 0. The lowest BCUT2D eigenvalue weighted by Crippen LogP contribution is -2.29. The zero-order valence-electron chi connectivity index (χ0n) is 10.1. The lowest BCUT2D eigenvalue weighted by atomic mass is 10.2. The standard InChI is InChI=1S/C10H17N3O3S/c1-6-9(7(5-14)12-11-6)17(15,16)13-8-4-10(8,2)3/h8,13-14H,4-5H2,1-3H3,(H,11,12). The van der Waals surface area contributed by atoms with Gasteiger partial charge in [0.25, 0.3) is 0 Å². The van der Waals surface area contributed by atoms with Gasteiger partial charge in [0.2, 0.25) is 10.0 Å². The first-order valence-electron chi connectivity index (χ1n) is 5.45. The molecule has 1 atom stereocenters. The van der Waals surface area contributed by atoms with E-state index in [0.29, 0.717) is 5.69 Å². The summed E-state index contributed by atoms with van der Waals surface area (Å²) in [4.78, 5) is 0.0719. The highest BCUT2D eigenvalue weighted by molar-refractivity contribution is 7.89. The number of aryl methyl sites for hydroxylation is 1. The molecule has 7 heteroatoms. The van der Waals surface area contributed by atoms with E-state index in [9.17, 15) is 8.42 Å². The third-order valence-electron chi connectivity index (χ3n) is 3.19. The highest BCUT2D eigenvalue weighted by Crippen LogP contribution is 2.45. The van der Waals surface area contributed by atoms with Gasteiger partial charge in [0, 0.05) is 6.04 Å². The quantitative estimate of drug-likeness (QED) is 0.724. The Labute approximate surface area is 100 Å². The van der Waals surface area contributed by atoms with E-state index in [2.05, 4.69) is 14.9 Å². The van der Waals surface area contributed by atoms with Crippen LogP contribution in [0.5, 0.6) is 0 Å². The molecule has 1 fully saturated rings. The number of sulfonamides is 1. The number of aromatic nitrogens is 2. The van der Waals surface area contributed by atoms with E-state index in [1.165, 1.54) is 0 Å². The summed E-state index contributed by atoms with van der Waals surface area (Å²) in [5.41, 5.74) is 0.623. The van der Waals surface area contributed by atoms with Crippen LogP contribution in [0, 0.1) is 12.3 Å². The Bertz CT molecular complexity index is 533. The summed E-state index contributed by atoms with van der Waals surface area (Å²) in [5, 5.41) is 15.4. The largest absolute Gasteiger partial charge is 0.390 e. The second-order valence-electron chi connectivity index (χ2n) is 5.15. The third-order valence-corrected chi connectivity index (χ3v) is 4.86. The van der Waals surface area contributed by atoms with Crippen LogP contribution in [0.1, 0.15) is 31.7 Å². The van der Waals surface area contributed by atoms with E-state index in [-0.39, 0.29) is 22.0 Å². The van der Waals surface area contributed by atoms with Gasteiger partial charge >= 0.3 is 0 Å². The molecule has 2 rings (SSSR count). The van der Waals surface area contributed by atoms with E-state index in [0.717, 1.165) is 6.42 Å². The summed E-state index contributed by atoms with van der Waals surface area (Å²) < 4.78 is 26.9. The maximum absolute atomic E-state index is 12.1. The number of rotatable bonds is 4. The van der Waals surface area contributed by atoms with E-state index in [4.69, 9.17) is 5.11 Å². The lowest BCUT2D eigenvalue weighted by Gasteiger charge is -2.08. The second kappa shape index (κ2) is 3.79. The van der Waals surface area contributed by atoms with Gasteiger partial charge in [-0.1, -0.05) is 13.8 Å². The molecular weight excluding hydrogens is 242 g/mol. The molecule has 1 aliphatic rings. The predicted octanol–water partition coefficient (Wildman–Crippen LogP) is 0.287. The molecule has 0 saturated heterocycles. The molecule has 1 heterocycles. The third kappa shape index (κ3) is 2.22. The molecule has 1 saturated carbocycles. The normalized spacial score (nSPS) is 22.7. The van der Waals surface area contributed by atoms with Crippen LogP contribution < -0.4 is 4.72 Å². The van der Waals surface area contributed by atoms with Crippen LogP contribution in [0.3, 0.4) is 0 Å². The highest BCUT2D eigenvalue weighted by Gasteiger charge is 2.48. The Morgan fingerprint density at radius 2 is 2.18 bits per heavy atom. The van der Waals surface area contributed by atoms with Gasteiger partial charge in [-0.3, -0.25) is 5.10 Å². The molecule has 0 spiro atoms. The van der Waals surface area contributed by atoms with Crippen LogP contribution in [0.15, 0.2) is 4.90 Å². The van der Waals surface area contributed by atoms with Gasteiger partial charge in [0.05, 0.1) is 12.3 Å². The van der Waals surface area contributed by atoms with Crippen LogP contribution in [-0.4, -0.2) is 29.8 Å². The Kier molecular flexibility index (Phi) is 2.80. The SMILES string of the molecule is Cc1[nH]nc(CO)c1S(=O)(=O)NC1CC1(C)C. The minimum absolute atomic E-state index is 0.0179. The first-order valence-corrected chi connectivity index (χ1v) is 6.93. The maximum Gasteiger partial charge on any atom is 0.244 e. The summed E-state index contributed by atoms with van der Waals surface area (Å²) in [6.45, 7) is 5.25. The zero-order chi connectivity index (χ0) is 12.8. The summed E-state index contributed by atoms with van der Waals surface area (Å²) in [6, 6.07) is -0.0339. The van der Waals surface area contributed by atoms with E-state index in [1.54, 1.807) is 6.92 Å². The molecular formula is C10H17N3O3S. The molecule has 3 N–H and O–H groups in total. The van der Waals surface area contributed by atoms with Gasteiger partial charge in [0.1, 0.15) is 10.6 Å². The van der Waals surface area contributed by atoms with Crippen LogP contribution in [0.25, 0.3) is 0 Å². The Morgan fingerprint density at radius 1 is 1.59 bits per heavy atom. The molecule has 96 valence electrons. The van der Waals surface area contributed by atoms with Gasteiger partial charge in [-0.05, 0) is 18.8 Å². The Balaban J connectivity index is 2.29. The number of nitrogens with one attached hydrogen (secondary N) is 2. The van der Waals surface area contributed by atoms with Crippen molar-refractivity contribution in [3.8, 4) is 0 Å². The smallest absolute Gasteiger partial charge is 0.244 e. The molecule has 1 unspecified atom stereocenters. The van der Waals surface area contributed by atoms with Crippen molar-refractivity contribution >= 4 is 10.0 Å². The van der Waals surface area contributed by atoms with Gasteiger partial charge < -0.3 is 5.11 Å². The number of H-pyrrole nitrogens is 1. The number of aromatic amines is 1. The van der Waals surface area contributed by atoms with Crippen LogP contribution in [-0.2, 0) is 16.6 Å². The molecule has 1 aromatic rings. The molecule has 1 aromatic heterocycles. The Hall–Kier alpha value is -0.920. The van der Waals surface area contributed by atoms with Crippen molar-refractivity contribution in [2.75, 3.05) is 0 Å². The van der Waals surface area contributed by atoms with Crippen LogP contribution in [0.4, 0.5) is 0 Å². The fourth-order valence-corrected chi connectivity index (χ4v) is 3.61. The second-order valence-corrected chi connectivity index (χ2v) is 6.80. The van der Waals surface area contributed by atoms with Crippen LogP contribution >= 0.6 is 0 Å². The lowest BCUT2D eigenvalue weighted by molar-refractivity contribution is 0.273. The predicted molar refractivity (Wildman–Crippen MR) is 61.8 cm³/mol. The molecule has 17 heavy (non-hydrogen) atoms. The summed E-state index contributed by atoms with van der Waals surface area (Å²) >= 11 is 0. The molecule has 0 aromatic carbocycles. The van der Waals surface area contributed by atoms with E-state index >= 15 is 0 Å². The topological polar surface area (TPSA) is 95.1 Å². The number of aliphatic hydroxyl groups excluding tert-OH is 1. The monoisotopic (exact) mass is 259 g/mol. The summed E-state index contributed by atoms with van der Waals surface area (Å²) in [7, 11) is -3.60. The van der Waals surface area contributed by atoms with Crippen molar-refractivity contribution < 1.29 is 13.5 Å². The molecule has 0 aliphatic heterocycles. The fourth-order valence-electron chi connectivity index (χ4n) is 1.85. The van der Waals surface area contributed by atoms with Crippen molar-refractivity contribution in [3.05, 3.63) is 11.4 Å². The minimum atomic E-state index is -3.60. The highest BCUT2D eigenvalue weighted by atomic mass is 32.2. The molecule has 0 bridgehead atoms.